The van der Waals surface area contributed by atoms with Crippen LogP contribution in [0.2, 0.25) is 0 Å². The molecule has 1 aliphatic rings. The Morgan fingerprint density at radius 2 is 1.76 bits per heavy atom. The van der Waals surface area contributed by atoms with Crippen LogP contribution in [0, 0.1) is 11.6 Å². The Morgan fingerprint density at radius 3 is 2.36 bits per heavy atom. The summed E-state index contributed by atoms with van der Waals surface area (Å²) in [5, 5.41) is 5.93. The number of piperazine rings is 1. The predicted octanol–water partition coefficient (Wildman–Crippen LogP) is 4.95. The second-order valence-corrected chi connectivity index (χ2v) is 14.1. The number of alkyl halides is 3. The van der Waals surface area contributed by atoms with E-state index in [-0.39, 0.29) is 53.6 Å². The van der Waals surface area contributed by atoms with E-state index in [0.29, 0.717) is 13.0 Å². The Bertz CT molecular complexity index is 1750. The molecule has 0 spiro atoms. The summed E-state index contributed by atoms with van der Waals surface area (Å²) in [6.45, 7) is 4.21. The minimum Gasteiger partial charge on any atom is -0.453 e. The summed E-state index contributed by atoms with van der Waals surface area (Å²) in [4.78, 5) is 34.8. The SMILES string of the molecule is CCCS(=O)(=O)N1CC(C)NCC1CCc1c(F)cccc1NC(=O)C(C(c1ccc(F)cc1)c1cnc(C(F)(F)F)nc1)N(C)C(=O)OC. The zero-order valence-corrected chi connectivity index (χ0v) is 28.7. The summed E-state index contributed by atoms with van der Waals surface area (Å²) in [5.41, 5.74) is 0.299. The van der Waals surface area contributed by atoms with Crippen LogP contribution in [0.5, 0.6) is 0 Å². The molecule has 2 aromatic carbocycles. The number of carbonyl (C=O) groups excluding carboxylic acids is 2. The Kier molecular flexibility index (Phi) is 12.5. The van der Waals surface area contributed by atoms with Crippen molar-refractivity contribution in [3.8, 4) is 0 Å². The molecule has 2 heterocycles. The Hall–Kier alpha value is -4.22. The molecule has 2 amide bonds. The van der Waals surface area contributed by atoms with Crippen molar-refractivity contribution in [1.82, 2.24) is 24.5 Å². The van der Waals surface area contributed by atoms with Crippen LogP contribution in [-0.4, -0.2) is 90.7 Å². The summed E-state index contributed by atoms with van der Waals surface area (Å²) in [5.74, 6) is -4.93. The fraction of sp³-hybridized carbons (Fsp3) is 0.455. The van der Waals surface area contributed by atoms with Crippen LogP contribution in [0.25, 0.3) is 0 Å². The van der Waals surface area contributed by atoms with E-state index in [2.05, 4.69) is 20.6 Å². The Labute approximate surface area is 287 Å². The first-order valence-corrected chi connectivity index (χ1v) is 17.4. The van der Waals surface area contributed by atoms with E-state index < -0.39 is 63.7 Å². The smallest absolute Gasteiger partial charge is 0.451 e. The third-order valence-electron chi connectivity index (χ3n) is 8.46. The number of rotatable bonds is 12. The number of hydrogen-bond acceptors (Lipinski definition) is 8. The second kappa shape index (κ2) is 16.2. The van der Waals surface area contributed by atoms with Gasteiger partial charge in [0.05, 0.1) is 12.9 Å². The molecule has 50 heavy (non-hydrogen) atoms. The third-order valence-corrected chi connectivity index (χ3v) is 10.6. The molecular formula is C33H39F5N6O5S. The Balaban J connectivity index is 1.72. The van der Waals surface area contributed by atoms with Gasteiger partial charge in [-0.2, -0.15) is 17.5 Å². The van der Waals surface area contributed by atoms with Gasteiger partial charge >= 0.3 is 12.3 Å². The number of carbonyl (C=O) groups is 2. The molecule has 272 valence electrons. The van der Waals surface area contributed by atoms with Crippen molar-refractivity contribution in [3.63, 3.8) is 0 Å². The van der Waals surface area contributed by atoms with E-state index in [0.717, 1.165) is 36.5 Å². The van der Waals surface area contributed by atoms with Crippen LogP contribution in [0.15, 0.2) is 54.9 Å². The number of hydrogen-bond donors (Lipinski definition) is 2. The fourth-order valence-corrected chi connectivity index (χ4v) is 7.85. The van der Waals surface area contributed by atoms with Crippen LogP contribution in [0.3, 0.4) is 0 Å². The fourth-order valence-electron chi connectivity index (χ4n) is 6.01. The van der Waals surface area contributed by atoms with Gasteiger partial charge in [-0.1, -0.05) is 25.1 Å². The van der Waals surface area contributed by atoms with E-state index in [9.17, 15) is 35.6 Å². The van der Waals surface area contributed by atoms with Crippen LogP contribution >= 0.6 is 0 Å². The summed E-state index contributed by atoms with van der Waals surface area (Å²) in [6.07, 6.45) is -3.47. The highest BCUT2D eigenvalue weighted by atomic mass is 32.2. The number of amides is 2. The number of anilines is 1. The number of halogens is 5. The Morgan fingerprint density at radius 1 is 1.10 bits per heavy atom. The number of nitrogens with one attached hydrogen (secondary N) is 2. The first kappa shape index (κ1) is 38.6. The normalized spacial score (nSPS) is 18.3. The van der Waals surface area contributed by atoms with E-state index in [4.69, 9.17) is 4.74 Å². The van der Waals surface area contributed by atoms with Crippen LogP contribution < -0.4 is 10.6 Å². The number of aromatic nitrogens is 2. The van der Waals surface area contributed by atoms with Gasteiger partial charge in [0, 0.05) is 61.8 Å². The molecule has 0 radical (unpaired) electrons. The third kappa shape index (κ3) is 9.11. The lowest BCUT2D eigenvalue weighted by Crippen LogP contribution is -2.57. The molecule has 4 rings (SSSR count). The average Bonchev–Trinajstić information content (AvgIpc) is 3.06. The number of sulfonamides is 1. The molecule has 0 saturated carbocycles. The number of benzene rings is 2. The first-order valence-electron chi connectivity index (χ1n) is 15.8. The van der Waals surface area contributed by atoms with Gasteiger partial charge in [0.15, 0.2) is 0 Å². The van der Waals surface area contributed by atoms with Crippen molar-refractivity contribution in [1.29, 1.82) is 0 Å². The zero-order valence-electron chi connectivity index (χ0n) is 27.9. The first-order chi connectivity index (χ1) is 23.6. The second-order valence-electron chi connectivity index (χ2n) is 12.0. The van der Waals surface area contributed by atoms with Gasteiger partial charge in [0.2, 0.25) is 21.8 Å². The summed E-state index contributed by atoms with van der Waals surface area (Å²) >= 11 is 0. The summed E-state index contributed by atoms with van der Waals surface area (Å²) < 4.78 is 102. The maximum atomic E-state index is 15.4. The molecule has 3 aromatic rings. The lowest BCUT2D eigenvalue weighted by atomic mass is 9.85. The molecule has 0 bridgehead atoms. The van der Waals surface area contributed by atoms with Crippen molar-refractivity contribution < 1.29 is 44.7 Å². The molecule has 11 nitrogen and oxygen atoms in total. The number of nitrogens with zero attached hydrogens (tertiary/aromatic N) is 4. The highest BCUT2D eigenvalue weighted by Gasteiger charge is 2.40. The zero-order chi connectivity index (χ0) is 36.8. The largest absolute Gasteiger partial charge is 0.453 e. The number of likely N-dealkylation sites (N-methyl/N-ethyl adjacent to an activating group) is 1. The van der Waals surface area contributed by atoms with Gasteiger partial charge in [-0.25, -0.2) is 32.0 Å². The lowest BCUT2D eigenvalue weighted by molar-refractivity contribution is -0.145. The van der Waals surface area contributed by atoms with Gasteiger partial charge in [-0.05, 0) is 61.6 Å². The van der Waals surface area contributed by atoms with E-state index in [1.54, 1.807) is 6.92 Å². The summed E-state index contributed by atoms with van der Waals surface area (Å²) in [6, 6.07) is 6.59. The topological polar surface area (TPSA) is 134 Å². The summed E-state index contributed by atoms with van der Waals surface area (Å²) in [7, 11) is -1.29. The van der Waals surface area contributed by atoms with E-state index in [1.807, 2.05) is 6.92 Å². The molecule has 4 atom stereocenters. The highest BCUT2D eigenvalue weighted by Crippen LogP contribution is 2.34. The molecule has 2 N–H and O–H groups in total. The molecule has 1 fully saturated rings. The van der Waals surface area contributed by atoms with Crippen LogP contribution in [0.1, 0.15) is 55.1 Å². The maximum absolute atomic E-state index is 15.4. The van der Waals surface area contributed by atoms with Crippen molar-refractivity contribution in [2.24, 2.45) is 0 Å². The molecule has 0 aliphatic carbocycles. The number of methoxy groups -OCH3 is 1. The van der Waals surface area contributed by atoms with Crippen molar-refractivity contribution >= 4 is 27.7 Å². The van der Waals surface area contributed by atoms with Crippen LogP contribution in [0.4, 0.5) is 32.4 Å². The maximum Gasteiger partial charge on any atom is 0.451 e. The monoisotopic (exact) mass is 726 g/mol. The standard InChI is InChI=1S/C33H39F5N6O5S/c1-5-15-50(47,48)44-19-20(2)39-18-24(44)13-14-25-26(35)7-6-8-27(25)42-30(45)29(43(3)32(46)49-4)28(21-9-11-23(34)12-10-21)22-16-40-31(41-17-22)33(36,37)38/h6-12,16-17,20,24,28-29,39H,5,13-15,18-19H2,1-4H3,(H,42,45). The van der Waals surface area contributed by atoms with Gasteiger partial charge in [0.1, 0.15) is 17.7 Å². The molecular weight excluding hydrogens is 687 g/mol. The average molecular weight is 727 g/mol. The molecule has 1 aliphatic heterocycles. The molecule has 1 saturated heterocycles. The van der Waals surface area contributed by atoms with Gasteiger partial charge in [-0.3, -0.25) is 9.69 Å². The van der Waals surface area contributed by atoms with Crippen molar-refractivity contribution in [2.45, 2.75) is 63.3 Å². The minimum absolute atomic E-state index is 0.0206. The van der Waals surface area contributed by atoms with Crippen molar-refractivity contribution in [2.75, 3.05) is 38.3 Å². The van der Waals surface area contributed by atoms with Gasteiger partial charge < -0.3 is 15.4 Å². The minimum atomic E-state index is -4.86. The van der Waals surface area contributed by atoms with Gasteiger partial charge in [0.25, 0.3) is 0 Å². The molecule has 4 unspecified atom stereocenters. The van der Waals surface area contributed by atoms with E-state index in [1.165, 1.54) is 41.7 Å². The quantitative estimate of drug-likeness (QED) is 0.251. The molecule has 1 aromatic heterocycles. The van der Waals surface area contributed by atoms with Crippen LogP contribution in [-0.2, 0) is 32.2 Å². The van der Waals surface area contributed by atoms with Gasteiger partial charge in [-0.15, -0.1) is 0 Å². The highest BCUT2D eigenvalue weighted by molar-refractivity contribution is 7.89. The predicted molar refractivity (Wildman–Crippen MR) is 175 cm³/mol. The molecule has 17 heteroatoms. The lowest BCUT2D eigenvalue weighted by Gasteiger charge is -2.38. The van der Waals surface area contributed by atoms with E-state index >= 15 is 4.39 Å². The number of ether oxygens (including phenoxy) is 1. The van der Waals surface area contributed by atoms with Crippen molar-refractivity contribution in [3.05, 3.63) is 89.0 Å².